The number of halogens is 1. The second kappa shape index (κ2) is 9.54. The van der Waals surface area contributed by atoms with E-state index < -0.39 is 0 Å². The van der Waals surface area contributed by atoms with Crippen LogP contribution in [0.5, 0.6) is 0 Å². The molecule has 0 unspecified atom stereocenters. The summed E-state index contributed by atoms with van der Waals surface area (Å²) in [6.45, 7) is 11.3. The molecule has 3 heterocycles. The molecule has 0 spiro atoms. The molecule has 0 fully saturated rings. The quantitative estimate of drug-likeness (QED) is 0.307. The summed E-state index contributed by atoms with van der Waals surface area (Å²) in [6.07, 6.45) is 8.82. The minimum Gasteiger partial charge on any atom is -0.399 e. The topological polar surface area (TPSA) is 96.3 Å². The van der Waals surface area contributed by atoms with E-state index in [4.69, 9.17) is 15.7 Å². The predicted molar refractivity (Wildman–Crippen MR) is 136 cm³/mol. The predicted octanol–water partition coefficient (Wildman–Crippen LogP) is 5.85. The van der Waals surface area contributed by atoms with Crippen molar-refractivity contribution in [2.24, 2.45) is 5.73 Å². The van der Waals surface area contributed by atoms with Crippen LogP contribution in [0.15, 0.2) is 85.6 Å². The molecule has 170 valence electrons. The van der Waals surface area contributed by atoms with Crippen molar-refractivity contribution in [2.45, 2.75) is 13.8 Å². The van der Waals surface area contributed by atoms with Crippen LogP contribution in [0, 0.1) is 12.7 Å². The molecule has 0 amide bonds. The molecular weight excluding hydrogens is 427 g/mol. The highest BCUT2D eigenvalue weighted by Gasteiger charge is 2.19. The summed E-state index contributed by atoms with van der Waals surface area (Å²) in [6, 6.07) is 10.2. The zero-order chi connectivity index (χ0) is 24.2. The van der Waals surface area contributed by atoms with Crippen molar-refractivity contribution in [1.29, 1.82) is 0 Å². The number of aryl methyl sites for hydroxylation is 1. The van der Waals surface area contributed by atoms with Crippen LogP contribution in [-0.4, -0.2) is 25.1 Å². The number of benzene rings is 1. The molecule has 7 heteroatoms. The number of pyridine rings is 1. The van der Waals surface area contributed by atoms with Crippen molar-refractivity contribution >= 4 is 22.2 Å². The maximum Gasteiger partial charge on any atom is 0.161 e. The Bertz CT molecular complexity index is 1480. The Labute approximate surface area is 197 Å². The highest BCUT2D eigenvalue weighted by atomic mass is 19.1. The molecule has 4 aromatic rings. The fraction of sp³-hybridized carbons (Fsp3) is 0.0741. The smallest absolute Gasteiger partial charge is 0.161 e. The summed E-state index contributed by atoms with van der Waals surface area (Å²) in [5, 5.41) is 7.48. The number of aromatic amines is 2. The lowest BCUT2D eigenvalue weighted by Crippen LogP contribution is -1.95. The van der Waals surface area contributed by atoms with E-state index in [2.05, 4.69) is 28.3 Å². The van der Waals surface area contributed by atoms with Crippen LogP contribution in [0.1, 0.15) is 29.6 Å². The fourth-order valence-electron chi connectivity index (χ4n) is 3.69. The first kappa shape index (κ1) is 22.7. The number of aromatic nitrogens is 5. The van der Waals surface area contributed by atoms with E-state index in [1.807, 2.05) is 50.3 Å². The van der Waals surface area contributed by atoms with Crippen LogP contribution in [0.25, 0.3) is 33.7 Å². The number of nitrogens with two attached hydrogens (primary N) is 1. The first-order valence-corrected chi connectivity index (χ1v) is 10.7. The van der Waals surface area contributed by atoms with Crippen LogP contribution in [0.2, 0.25) is 0 Å². The van der Waals surface area contributed by atoms with Gasteiger partial charge in [-0.05, 0) is 61.4 Å². The number of allylic oxidation sites excluding steroid dienone is 6. The second-order valence-corrected chi connectivity index (χ2v) is 7.64. The van der Waals surface area contributed by atoms with E-state index in [-0.39, 0.29) is 5.82 Å². The Morgan fingerprint density at radius 3 is 2.68 bits per heavy atom. The molecule has 0 atom stereocenters. The third kappa shape index (κ3) is 4.36. The van der Waals surface area contributed by atoms with Crippen molar-refractivity contribution in [1.82, 2.24) is 25.1 Å². The van der Waals surface area contributed by atoms with Gasteiger partial charge in [0.1, 0.15) is 11.3 Å². The van der Waals surface area contributed by atoms with Gasteiger partial charge in [0.2, 0.25) is 0 Å². The van der Waals surface area contributed by atoms with E-state index in [9.17, 15) is 4.39 Å². The summed E-state index contributed by atoms with van der Waals surface area (Å²) in [4.78, 5) is 12.9. The Kier molecular flexibility index (Phi) is 6.36. The Balaban J connectivity index is 1.82. The number of fused-ring (bicyclic) bond motifs is 1. The van der Waals surface area contributed by atoms with Crippen LogP contribution in [0.3, 0.4) is 0 Å². The fourth-order valence-corrected chi connectivity index (χ4v) is 3.69. The molecule has 3 aromatic heterocycles. The number of nitrogens with zero attached hydrogens (tertiary/aromatic N) is 3. The maximum absolute atomic E-state index is 13.9. The lowest BCUT2D eigenvalue weighted by atomic mass is 10.0. The average Bonchev–Trinajstić information content (AvgIpc) is 3.43. The SMILES string of the molecule is C=C/C=C(/c1cccc(F)c1)c1nc(-c2n[nH]c3ccc(C(/C=C(/N)C=C)=C/C)nc23)[nH]c1C. The molecule has 0 aliphatic carbocycles. The molecule has 6 nitrogen and oxygen atoms in total. The molecule has 0 saturated heterocycles. The van der Waals surface area contributed by atoms with Gasteiger partial charge in [-0.2, -0.15) is 5.10 Å². The first-order chi connectivity index (χ1) is 16.4. The number of nitrogens with one attached hydrogen (secondary N) is 2. The summed E-state index contributed by atoms with van der Waals surface area (Å²) < 4.78 is 13.9. The second-order valence-electron chi connectivity index (χ2n) is 7.64. The molecule has 0 bridgehead atoms. The van der Waals surface area contributed by atoms with Gasteiger partial charge in [-0.15, -0.1) is 0 Å². The first-order valence-electron chi connectivity index (χ1n) is 10.7. The van der Waals surface area contributed by atoms with Gasteiger partial charge in [0.05, 0.1) is 16.9 Å². The van der Waals surface area contributed by atoms with Gasteiger partial charge in [0.15, 0.2) is 11.5 Å². The highest BCUT2D eigenvalue weighted by molar-refractivity contribution is 5.90. The van der Waals surface area contributed by atoms with E-state index in [1.165, 1.54) is 12.1 Å². The van der Waals surface area contributed by atoms with Crippen molar-refractivity contribution in [3.05, 3.63) is 114 Å². The minimum atomic E-state index is -0.318. The van der Waals surface area contributed by atoms with Gasteiger partial charge in [0.25, 0.3) is 0 Å². The molecular formula is C27H25FN6. The number of hydrogen-bond acceptors (Lipinski definition) is 4. The molecule has 0 aliphatic heterocycles. The number of hydrogen-bond donors (Lipinski definition) is 3. The molecule has 4 rings (SSSR count). The highest BCUT2D eigenvalue weighted by Crippen LogP contribution is 2.30. The van der Waals surface area contributed by atoms with E-state index in [1.54, 1.807) is 18.2 Å². The Hall–Kier alpha value is -4.52. The molecule has 0 saturated carbocycles. The lowest BCUT2D eigenvalue weighted by Gasteiger charge is -2.06. The van der Waals surface area contributed by atoms with Gasteiger partial charge in [0, 0.05) is 17.0 Å². The van der Waals surface area contributed by atoms with Crippen molar-refractivity contribution in [3.63, 3.8) is 0 Å². The molecule has 1 aromatic carbocycles. The van der Waals surface area contributed by atoms with Gasteiger partial charge >= 0.3 is 0 Å². The van der Waals surface area contributed by atoms with Crippen LogP contribution >= 0.6 is 0 Å². The number of rotatable bonds is 7. The summed E-state index contributed by atoms with van der Waals surface area (Å²) in [5.41, 5.74) is 13.1. The maximum atomic E-state index is 13.9. The lowest BCUT2D eigenvalue weighted by molar-refractivity contribution is 0.627. The van der Waals surface area contributed by atoms with E-state index in [0.717, 1.165) is 28.1 Å². The summed E-state index contributed by atoms with van der Waals surface area (Å²) in [7, 11) is 0. The Morgan fingerprint density at radius 1 is 1.15 bits per heavy atom. The largest absolute Gasteiger partial charge is 0.399 e. The molecule has 0 aliphatic rings. The van der Waals surface area contributed by atoms with Crippen molar-refractivity contribution in [3.8, 4) is 11.5 Å². The molecule has 34 heavy (non-hydrogen) atoms. The normalized spacial score (nSPS) is 12.9. The van der Waals surface area contributed by atoms with E-state index >= 15 is 0 Å². The van der Waals surface area contributed by atoms with Crippen molar-refractivity contribution in [2.75, 3.05) is 0 Å². The zero-order valence-corrected chi connectivity index (χ0v) is 19.1. The van der Waals surface area contributed by atoms with Gasteiger partial charge in [-0.3, -0.25) is 5.10 Å². The zero-order valence-electron chi connectivity index (χ0n) is 19.1. The monoisotopic (exact) mass is 452 g/mol. The summed E-state index contributed by atoms with van der Waals surface area (Å²) >= 11 is 0. The third-order valence-corrected chi connectivity index (χ3v) is 5.36. The molecule has 4 N–H and O–H groups in total. The van der Waals surface area contributed by atoms with Crippen molar-refractivity contribution < 1.29 is 4.39 Å². The summed E-state index contributed by atoms with van der Waals surface area (Å²) in [5.74, 6) is 0.236. The minimum absolute atomic E-state index is 0.318. The van der Waals surface area contributed by atoms with Crippen LogP contribution in [0.4, 0.5) is 4.39 Å². The average molecular weight is 453 g/mol. The number of imidazole rings is 1. The van der Waals surface area contributed by atoms with Crippen LogP contribution in [-0.2, 0) is 0 Å². The molecule has 0 radical (unpaired) electrons. The Morgan fingerprint density at radius 2 is 1.97 bits per heavy atom. The number of H-pyrrole nitrogens is 2. The van der Waals surface area contributed by atoms with E-state index in [0.29, 0.717) is 34.0 Å². The van der Waals surface area contributed by atoms with Gasteiger partial charge < -0.3 is 10.7 Å². The van der Waals surface area contributed by atoms with Gasteiger partial charge in [-0.1, -0.05) is 43.5 Å². The third-order valence-electron chi connectivity index (χ3n) is 5.36. The standard InChI is InChI=1S/C27H25FN6/c1-5-9-21(18-10-8-11-19(28)14-18)24-16(4)30-27(32-24)26-25-23(33-34-26)13-12-22(31-25)17(6-2)15-20(29)7-3/h5-15H,1,3,29H2,2,4H3,(H,30,32)(H,33,34)/b17-6+,20-15+,21-9-. The van der Waals surface area contributed by atoms with Crippen LogP contribution < -0.4 is 5.73 Å². The van der Waals surface area contributed by atoms with Gasteiger partial charge in [-0.25, -0.2) is 14.4 Å².